The second-order valence-electron chi connectivity index (χ2n) is 6.26. The first-order valence-electron chi connectivity index (χ1n) is 8.05. The fourth-order valence-electron chi connectivity index (χ4n) is 3.16. The number of rotatable bonds is 3. The second kappa shape index (κ2) is 6.91. The minimum atomic E-state index is -0.281. The van der Waals surface area contributed by atoms with Crippen LogP contribution < -0.4 is 5.32 Å². The fourth-order valence-corrected chi connectivity index (χ4v) is 3.16. The molecular weight excluding hydrogens is 331 g/mol. The molecule has 2 fully saturated rings. The van der Waals surface area contributed by atoms with Gasteiger partial charge in [-0.25, -0.2) is 4.39 Å². The number of benzene rings is 1. The summed E-state index contributed by atoms with van der Waals surface area (Å²) in [4.78, 5) is 14.6. The van der Waals surface area contributed by atoms with Gasteiger partial charge in [-0.05, 0) is 36.6 Å². The van der Waals surface area contributed by atoms with E-state index >= 15 is 0 Å². The number of carbonyl (C=O) groups excluding carboxylic acids is 1. The second-order valence-corrected chi connectivity index (χ2v) is 6.26. The third-order valence-electron chi connectivity index (χ3n) is 4.57. The molecule has 0 bridgehead atoms. The monoisotopic (exact) mass is 350 g/mol. The van der Waals surface area contributed by atoms with Crippen molar-refractivity contribution in [1.29, 1.82) is 0 Å². The van der Waals surface area contributed by atoms with Crippen LogP contribution in [0.5, 0.6) is 0 Å². The SMILES string of the molecule is Cl.O=C(c1cc(C2CC2)[nH]n1)N1CCNCC1c1cccc(F)c1. The minimum Gasteiger partial charge on any atom is -0.328 e. The molecule has 1 aliphatic heterocycles. The Balaban J connectivity index is 0.00000169. The number of nitrogens with one attached hydrogen (secondary N) is 2. The van der Waals surface area contributed by atoms with Gasteiger partial charge in [-0.1, -0.05) is 12.1 Å². The van der Waals surface area contributed by atoms with Gasteiger partial charge in [0.15, 0.2) is 0 Å². The van der Waals surface area contributed by atoms with E-state index in [0.29, 0.717) is 24.7 Å². The smallest absolute Gasteiger partial charge is 0.274 e. The predicted molar refractivity (Wildman–Crippen MR) is 90.9 cm³/mol. The molecule has 24 heavy (non-hydrogen) atoms. The van der Waals surface area contributed by atoms with Crippen molar-refractivity contribution in [2.75, 3.05) is 19.6 Å². The van der Waals surface area contributed by atoms with Crippen LogP contribution in [0.2, 0.25) is 0 Å². The van der Waals surface area contributed by atoms with Gasteiger partial charge in [0.05, 0.1) is 6.04 Å². The largest absolute Gasteiger partial charge is 0.328 e. The normalized spacial score (nSPS) is 20.5. The first-order chi connectivity index (χ1) is 11.2. The molecule has 1 aliphatic carbocycles. The number of H-pyrrole nitrogens is 1. The Labute approximate surface area is 146 Å². The molecule has 1 unspecified atom stereocenters. The highest BCUT2D eigenvalue weighted by Gasteiger charge is 2.32. The fraction of sp³-hybridized carbons (Fsp3) is 0.412. The molecule has 1 saturated carbocycles. The molecule has 128 valence electrons. The molecule has 1 aromatic carbocycles. The van der Waals surface area contributed by atoms with Crippen molar-refractivity contribution in [3.8, 4) is 0 Å². The minimum absolute atomic E-state index is 0. The number of aromatic amines is 1. The maximum atomic E-state index is 13.5. The lowest BCUT2D eigenvalue weighted by Crippen LogP contribution is -2.48. The quantitative estimate of drug-likeness (QED) is 0.894. The molecule has 1 atom stereocenters. The van der Waals surface area contributed by atoms with Crippen molar-refractivity contribution in [2.45, 2.75) is 24.8 Å². The van der Waals surface area contributed by atoms with E-state index in [-0.39, 0.29) is 30.2 Å². The van der Waals surface area contributed by atoms with Crippen molar-refractivity contribution in [3.63, 3.8) is 0 Å². The van der Waals surface area contributed by atoms with Crippen LogP contribution in [-0.4, -0.2) is 40.6 Å². The molecule has 2 aromatic rings. The average molecular weight is 351 g/mol. The Morgan fingerprint density at radius 1 is 1.29 bits per heavy atom. The van der Waals surface area contributed by atoms with Crippen LogP contribution in [0.25, 0.3) is 0 Å². The summed E-state index contributed by atoms with van der Waals surface area (Å²) in [6.45, 7) is 1.94. The van der Waals surface area contributed by atoms with Crippen molar-refractivity contribution >= 4 is 18.3 Å². The summed E-state index contributed by atoms with van der Waals surface area (Å²) >= 11 is 0. The summed E-state index contributed by atoms with van der Waals surface area (Å²) in [5.41, 5.74) is 2.31. The molecule has 7 heteroatoms. The van der Waals surface area contributed by atoms with E-state index in [4.69, 9.17) is 0 Å². The van der Waals surface area contributed by atoms with Crippen LogP contribution >= 0.6 is 12.4 Å². The number of hydrogen-bond acceptors (Lipinski definition) is 3. The lowest BCUT2D eigenvalue weighted by atomic mass is 10.0. The van der Waals surface area contributed by atoms with Crippen LogP contribution in [0.15, 0.2) is 30.3 Å². The number of nitrogens with zero attached hydrogens (tertiary/aromatic N) is 2. The molecule has 5 nitrogen and oxygen atoms in total. The first-order valence-corrected chi connectivity index (χ1v) is 8.05. The molecule has 1 amide bonds. The van der Waals surface area contributed by atoms with Gasteiger partial charge in [0.1, 0.15) is 11.5 Å². The van der Waals surface area contributed by atoms with Crippen LogP contribution in [0, 0.1) is 5.82 Å². The number of carbonyl (C=O) groups is 1. The van der Waals surface area contributed by atoms with Crippen molar-refractivity contribution < 1.29 is 9.18 Å². The Morgan fingerprint density at radius 2 is 2.12 bits per heavy atom. The van der Waals surface area contributed by atoms with Gasteiger partial charge in [-0.3, -0.25) is 9.89 Å². The third kappa shape index (κ3) is 3.30. The van der Waals surface area contributed by atoms with E-state index in [1.54, 1.807) is 11.0 Å². The van der Waals surface area contributed by atoms with Crippen LogP contribution in [0.3, 0.4) is 0 Å². The number of aromatic nitrogens is 2. The zero-order valence-corrected chi connectivity index (χ0v) is 14.0. The molecular formula is C17H20ClFN4O. The molecule has 4 rings (SSSR count). The summed E-state index contributed by atoms with van der Waals surface area (Å²) in [5, 5.41) is 10.4. The van der Waals surface area contributed by atoms with Gasteiger partial charge in [0.2, 0.25) is 0 Å². The number of piperazine rings is 1. The first kappa shape index (κ1) is 16.9. The average Bonchev–Trinajstić information content (AvgIpc) is 3.31. The molecule has 0 spiro atoms. The van der Waals surface area contributed by atoms with E-state index in [1.165, 1.54) is 12.1 Å². The van der Waals surface area contributed by atoms with E-state index < -0.39 is 0 Å². The van der Waals surface area contributed by atoms with Crippen LogP contribution in [0.1, 0.15) is 46.5 Å². The van der Waals surface area contributed by atoms with Crippen molar-refractivity contribution in [3.05, 3.63) is 53.1 Å². The number of halogens is 2. The highest BCUT2D eigenvalue weighted by molar-refractivity contribution is 5.92. The molecule has 2 heterocycles. The Morgan fingerprint density at radius 3 is 2.88 bits per heavy atom. The van der Waals surface area contributed by atoms with Gasteiger partial charge in [0.25, 0.3) is 5.91 Å². The molecule has 2 aliphatic rings. The summed E-state index contributed by atoms with van der Waals surface area (Å²) < 4.78 is 13.5. The van der Waals surface area contributed by atoms with Gasteiger partial charge < -0.3 is 10.2 Å². The van der Waals surface area contributed by atoms with Crippen molar-refractivity contribution in [2.24, 2.45) is 0 Å². The summed E-state index contributed by atoms with van der Waals surface area (Å²) in [6.07, 6.45) is 2.32. The summed E-state index contributed by atoms with van der Waals surface area (Å²) in [5.74, 6) is 0.159. The maximum Gasteiger partial charge on any atom is 0.274 e. The molecule has 1 aromatic heterocycles. The number of amides is 1. The molecule has 1 saturated heterocycles. The molecule has 2 N–H and O–H groups in total. The van der Waals surface area contributed by atoms with E-state index in [9.17, 15) is 9.18 Å². The van der Waals surface area contributed by atoms with E-state index in [0.717, 1.165) is 30.6 Å². The highest BCUT2D eigenvalue weighted by atomic mass is 35.5. The van der Waals surface area contributed by atoms with E-state index in [2.05, 4.69) is 15.5 Å². The number of hydrogen-bond donors (Lipinski definition) is 2. The van der Waals surface area contributed by atoms with Crippen molar-refractivity contribution in [1.82, 2.24) is 20.4 Å². The highest BCUT2D eigenvalue weighted by Crippen LogP contribution is 2.39. The standard InChI is InChI=1S/C17H19FN4O.ClH/c18-13-3-1-2-12(8-13)16-10-19-6-7-22(16)17(23)15-9-14(20-21-15)11-4-5-11;/h1-3,8-9,11,16,19H,4-7,10H2,(H,20,21);1H. The predicted octanol–water partition coefficient (Wildman–Crippen LogP) is 2.63. The molecule has 0 radical (unpaired) electrons. The Bertz CT molecular complexity index is 731. The maximum absolute atomic E-state index is 13.5. The lowest BCUT2D eigenvalue weighted by Gasteiger charge is -2.36. The van der Waals surface area contributed by atoms with Gasteiger partial charge in [-0.15, -0.1) is 12.4 Å². The topological polar surface area (TPSA) is 61.0 Å². The van der Waals surface area contributed by atoms with Crippen LogP contribution in [0.4, 0.5) is 4.39 Å². The zero-order chi connectivity index (χ0) is 15.8. The summed E-state index contributed by atoms with van der Waals surface area (Å²) in [6, 6.07) is 8.15. The summed E-state index contributed by atoms with van der Waals surface area (Å²) in [7, 11) is 0. The van der Waals surface area contributed by atoms with Crippen LogP contribution in [-0.2, 0) is 0 Å². The zero-order valence-electron chi connectivity index (χ0n) is 13.2. The Hall–Kier alpha value is -1.92. The van der Waals surface area contributed by atoms with E-state index in [1.807, 2.05) is 12.1 Å². The lowest BCUT2D eigenvalue weighted by molar-refractivity contribution is 0.0628. The Kier molecular flexibility index (Phi) is 4.87. The van der Waals surface area contributed by atoms with Gasteiger partial charge >= 0.3 is 0 Å². The van der Waals surface area contributed by atoms with Gasteiger partial charge in [-0.2, -0.15) is 5.10 Å². The van der Waals surface area contributed by atoms with Gasteiger partial charge in [0, 0.05) is 31.2 Å². The third-order valence-corrected chi connectivity index (χ3v) is 4.57.